The van der Waals surface area contributed by atoms with Crippen LogP contribution in [0.5, 0.6) is 5.75 Å². The lowest BCUT2D eigenvalue weighted by atomic mass is 10.2. The van der Waals surface area contributed by atoms with E-state index in [0.717, 1.165) is 36.9 Å². The van der Waals surface area contributed by atoms with Crippen molar-refractivity contribution in [3.05, 3.63) is 29.8 Å². The van der Waals surface area contributed by atoms with E-state index in [0.29, 0.717) is 32.8 Å². The molecule has 1 fully saturated rings. The number of ether oxygens (including phenoxy) is 2. The number of para-hydroxylation sites is 1. The number of rotatable bonds is 6. The second-order valence-electron chi connectivity index (χ2n) is 5.88. The van der Waals surface area contributed by atoms with Crippen LogP contribution in [0.25, 0.3) is 0 Å². The number of halogens is 1. The lowest BCUT2D eigenvalue weighted by Gasteiger charge is -2.35. The fourth-order valence-electron chi connectivity index (χ4n) is 2.83. The van der Waals surface area contributed by atoms with E-state index in [-0.39, 0.29) is 30.1 Å². The molecule has 0 aromatic heterocycles. The Kier molecular flexibility index (Phi) is 10.9. The highest BCUT2D eigenvalue weighted by Crippen LogP contribution is 2.19. The minimum atomic E-state index is -0.236. The average molecular weight is 490 g/mol. The zero-order valence-electron chi connectivity index (χ0n) is 16.4. The zero-order valence-corrected chi connectivity index (χ0v) is 18.8. The van der Waals surface area contributed by atoms with Gasteiger partial charge in [0.05, 0.1) is 19.8 Å². The van der Waals surface area contributed by atoms with Crippen molar-refractivity contribution in [1.82, 2.24) is 15.1 Å². The fraction of sp³-hybridized carbons (Fsp3) is 0.579. The number of hydrogen-bond donors (Lipinski definition) is 1. The van der Waals surface area contributed by atoms with Crippen molar-refractivity contribution in [3.8, 4) is 5.75 Å². The minimum absolute atomic E-state index is 0. The van der Waals surface area contributed by atoms with Gasteiger partial charge in [0.25, 0.3) is 0 Å². The van der Waals surface area contributed by atoms with Crippen LogP contribution in [-0.4, -0.2) is 67.8 Å². The highest BCUT2D eigenvalue weighted by Gasteiger charge is 2.23. The molecule has 1 aromatic rings. The highest BCUT2D eigenvalue weighted by atomic mass is 127. The van der Waals surface area contributed by atoms with Gasteiger partial charge in [-0.15, -0.1) is 24.0 Å². The van der Waals surface area contributed by atoms with E-state index in [9.17, 15) is 4.79 Å². The van der Waals surface area contributed by atoms with Crippen LogP contribution in [0.3, 0.4) is 0 Å². The molecule has 0 spiro atoms. The Balaban J connectivity index is 0.00000364. The molecule has 0 atom stereocenters. The molecule has 8 heteroatoms. The van der Waals surface area contributed by atoms with Crippen LogP contribution in [0, 0.1) is 0 Å². The van der Waals surface area contributed by atoms with Crippen LogP contribution in [0.15, 0.2) is 29.3 Å². The van der Waals surface area contributed by atoms with Crippen molar-refractivity contribution in [2.24, 2.45) is 4.99 Å². The normalized spacial score (nSPS) is 14.4. The van der Waals surface area contributed by atoms with E-state index in [2.05, 4.69) is 17.1 Å². The lowest BCUT2D eigenvalue weighted by molar-refractivity contribution is 0.0914. The molecule has 1 aliphatic heterocycles. The fourth-order valence-corrected chi connectivity index (χ4v) is 2.83. The van der Waals surface area contributed by atoms with E-state index in [4.69, 9.17) is 14.5 Å². The third-order valence-corrected chi connectivity index (χ3v) is 4.11. The van der Waals surface area contributed by atoms with Gasteiger partial charge in [0.1, 0.15) is 5.75 Å². The van der Waals surface area contributed by atoms with Gasteiger partial charge in [0.2, 0.25) is 0 Å². The van der Waals surface area contributed by atoms with Crippen molar-refractivity contribution >= 4 is 36.0 Å². The van der Waals surface area contributed by atoms with Gasteiger partial charge in [-0.05, 0) is 26.8 Å². The molecular weight excluding hydrogens is 459 g/mol. The Morgan fingerprint density at radius 3 is 2.37 bits per heavy atom. The molecule has 0 radical (unpaired) electrons. The molecule has 1 N–H and O–H groups in total. The molecule has 7 nitrogen and oxygen atoms in total. The molecule has 0 bridgehead atoms. The number of hydrogen-bond acceptors (Lipinski definition) is 4. The van der Waals surface area contributed by atoms with Crippen molar-refractivity contribution in [2.75, 3.05) is 45.9 Å². The number of amides is 1. The molecule has 0 aliphatic carbocycles. The summed E-state index contributed by atoms with van der Waals surface area (Å²) in [7, 11) is 0. The first-order valence-corrected chi connectivity index (χ1v) is 9.35. The first kappa shape index (κ1) is 23.3. The molecule has 1 heterocycles. The van der Waals surface area contributed by atoms with E-state index in [1.165, 1.54) is 0 Å². The number of guanidine groups is 1. The number of carbonyl (C=O) groups is 1. The molecule has 0 unspecified atom stereocenters. The largest absolute Gasteiger partial charge is 0.494 e. The first-order chi connectivity index (χ1) is 12.7. The second kappa shape index (κ2) is 12.6. The van der Waals surface area contributed by atoms with Crippen molar-refractivity contribution in [2.45, 2.75) is 27.3 Å². The number of aliphatic imine (C=N–C) groups is 1. The Bertz CT molecular complexity index is 604. The van der Waals surface area contributed by atoms with Gasteiger partial charge < -0.3 is 24.6 Å². The molecule has 1 aliphatic rings. The van der Waals surface area contributed by atoms with Gasteiger partial charge in [0, 0.05) is 38.3 Å². The maximum atomic E-state index is 11.8. The maximum absolute atomic E-state index is 11.8. The molecule has 27 heavy (non-hydrogen) atoms. The van der Waals surface area contributed by atoms with E-state index >= 15 is 0 Å². The predicted molar refractivity (Wildman–Crippen MR) is 118 cm³/mol. The summed E-state index contributed by atoms with van der Waals surface area (Å²) < 4.78 is 10.8. The van der Waals surface area contributed by atoms with Crippen molar-refractivity contribution in [3.63, 3.8) is 0 Å². The molecule has 1 amide bonds. The number of carbonyl (C=O) groups excluding carboxylic acids is 1. The standard InChI is InChI=1S/C19H30N4O3.HI/c1-4-20-18(21-15-16-9-7-8-10-17(16)25-5-2)22-11-13-23(14-12-22)19(24)26-6-3;/h7-10H,4-6,11-15H2,1-3H3,(H,20,21);1H. The van der Waals surface area contributed by atoms with Crippen LogP contribution in [0.2, 0.25) is 0 Å². The van der Waals surface area contributed by atoms with Crippen LogP contribution in [0.4, 0.5) is 4.79 Å². The maximum Gasteiger partial charge on any atom is 0.409 e. The quantitative estimate of drug-likeness (QED) is 0.378. The Labute approximate surface area is 179 Å². The van der Waals surface area contributed by atoms with Crippen molar-refractivity contribution < 1.29 is 14.3 Å². The van der Waals surface area contributed by atoms with Gasteiger partial charge in [-0.1, -0.05) is 18.2 Å². The van der Waals surface area contributed by atoms with Gasteiger partial charge in [-0.25, -0.2) is 9.79 Å². The number of nitrogens with one attached hydrogen (secondary N) is 1. The van der Waals surface area contributed by atoms with Crippen LogP contribution in [-0.2, 0) is 11.3 Å². The first-order valence-electron chi connectivity index (χ1n) is 9.35. The van der Waals surface area contributed by atoms with E-state index in [1.54, 1.807) is 4.90 Å². The molecule has 2 rings (SSSR count). The summed E-state index contributed by atoms with van der Waals surface area (Å²) in [5.41, 5.74) is 1.06. The summed E-state index contributed by atoms with van der Waals surface area (Å²) in [6.07, 6.45) is -0.236. The van der Waals surface area contributed by atoms with Crippen LogP contribution < -0.4 is 10.1 Å². The summed E-state index contributed by atoms with van der Waals surface area (Å²) in [6, 6.07) is 7.98. The molecule has 0 saturated carbocycles. The van der Waals surface area contributed by atoms with Gasteiger partial charge in [0.15, 0.2) is 5.96 Å². The minimum Gasteiger partial charge on any atom is -0.494 e. The molecule has 1 saturated heterocycles. The van der Waals surface area contributed by atoms with Crippen LogP contribution >= 0.6 is 24.0 Å². The Morgan fingerprint density at radius 1 is 1.07 bits per heavy atom. The summed E-state index contributed by atoms with van der Waals surface area (Å²) in [6.45, 7) is 11.0. The highest BCUT2D eigenvalue weighted by molar-refractivity contribution is 14.0. The number of benzene rings is 1. The smallest absolute Gasteiger partial charge is 0.409 e. The average Bonchev–Trinajstić information content (AvgIpc) is 2.67. The van der Waals surface area contributed by atoms with E-state index in [1.807, 2.05) is 38.1 Å². The SMILES string of the molecule is CCNC(=NCc1ccccc1OCC)N1CCN(C(=O)OCC)CC1.I. The second-order valence-corrected chi connectivity index (χ2v) is 5.88. The molecule has 152 valence electrons. The number of piperazine rings is 1. The number of nitrogens with zero attached hydrogens (tertiary/aromatic N) is 3. The Hall–Kier alpha value is -1.71. The molecule has 1 aromatic carbocycles. The summed E-state index contributed by atoms with van der Waals surface area (Å²) in [4.78, 5) is 20.5. The third-order valence-electron chi connectivity index (χ3n) is 4.11. The summed E-state index contributed by atoms with van der Waals surface area (Å²) in [5.74, 6) is 1.74. The molecular formula is C19H31IN4O3. The predicted octanol–water partition coefficient (Wildman–Crippen LogP) is 2.94. The lowest BCUT2D eigenvalue weighted by Crippen LogP contribution is -2.53. The zero-order chi connectivity index (χ0) is 18.8. The van der Waals surface area contributed by atoms with E-state index < -0.39 is 0 Å². The summed E-state index contributed by atoms with van der Waals surface area (Å²) >= 11 is 0. The summed E-state index contributed by atoms with van der Waals surface area (Å²) in [5, 5.41) is 3.34. The topological polar surface area (TPSA) is 66.4 Å². The third kappa shape index (κ3) is 7.08. The van der Waals surface area contributed by atoms with Crippen LogP contribution in [0.1, 0.15) is 26.3 Å². The van der Waals surface area contributed by atoms with Gasteiger partial charge in [-0.3, -0.25) is 0 Å². The Morgan fingerprint density at radius 2 is 1.74 bits per heavy atom. The monoisotopic (exact) mass is 490 g/mol. The van der Waals surface area contributed by atoms with Crippen molar-refractivity contribution in [1.29, 1.82) is 0 Å². The van der Waals surface area contributed by atoms with Gasteiger partial charge >= 0.3 is 6.09 Å². The van der Waals surface area contributed by atoms with Gasteiger partial charge in [-0.2, -0.15) is 0 Å².